The Morgan fingerprint density at radius 2 is 1.86 bits per heavy atom. The number of anilines is 1. The average molecular weight is 475 g/mol. The van der Waals surface area contributed by atoms with Crippen LogP contribution < -0.4 is 4.90 Å². The molecule has 2 aliphatic rings. The predicted molar refractivity (Wildman–Crippen MR) is 134 cm³/mol. The molecule has 0 unspecified atom stereocenters. The number of rotatable bonds is 5. The molecule has 0 bridgehead atoms. The van der Waals surface area contributed by atoms with Crippen LogP contribution in [0.4, 0.5) is 5.95 Å². The van der Waals surface area contributed by atoms with Gasteiger partial charge in [-0.05, 0) is 17.5 Å². The molecule has 10 heteroatoms. The summed E-state index contributed by atoms with van der Waals surface area (Å²) in [5, 5.41) is 6.85. The summed E-state index contributed by atoms with van der Waals surface area (Å²) < 4.78 is 7.55. The van der Waals surface area contributed by atoms with E-state index in [0.717, 1.165) is 86.1 Å². The topological polar surface area (TPSA) is 95.4 Å². The molecule has 35 heavy (non-hydrogen) atoms. The first-order chi connectivity index (χ1) is 17.2. The second-order valence-corrected chi connectivity index (χ2v) is 9.20. The van der Waals surface area contributed by atoms with E-state index in [1.165, 1.54) is 5.39 Å². The first-order valence-electron chi connectivity index (χ1n) is 12.3. The number of nitrogens with zero attached hydrogens (tertiary/aromatic N) is 7. The van der Waals surface area contributed by atoms with Gasteiger partial charge in [-0.1, -0.05) is 12.1 Å². The molecule has 6 rings (SSSR count). The van der Waals surface area contributed by atoms with Crippen molar-refractivity contribution in [3.63, 3.8) is 0 Å². The van der Waals surface area contributed by atoms with Crippen LogP contribution in [0.3, 0.4) is 0 Å². The van der Waals surface area contributed by atoms with Gasteiger partial charge in [0.15, 0.2) is 5.65 Å². The third-order valence-corrected chi connectivity index (χ3v) is 7.05. The number of carbonyl (C=O) groups is 1. The lowest BCUT2D eigenvalue weighted by Crippen LogP contribution is -2.48. The second kappa shape index (κ2) is 9.27. The number of ether oxygens (including phenoxy) is 1. The summed E-state index contributed by atoms with van der Waals surface area (Å²) in [6, 6.07) is 8.45. The largest absolute Gasteiger partial charge is 0.378 e. The fourth-order valence-corrected chi connectivity index (χ4v) is 4.95. The number of aromatic nitrogens is 5. The van der Waals surface area contributed by atoms with Crippen molar-refractivity contribution < 1.29 is 9.53 Å². The zero-order valence-electron chi connectivity index (χ0n) is 20.0. The van der Waals surface area contributed by atoms with Gasteiger partial charge in [-0.25, -0.2) is 9.67 Å². The van der Waals surface area contributed by atoms with Crippen molar-refractivity contribution in [2.75, 3.05) is 63.9 Å². The molecular weight excluding hydrogens is 444 g/mol. The monoisotopic (exact) mass is 474 g/mol. The van der Waals surface area contributed by atoms with E-state index < -0.39 is 0 Å². The Labute approximate surface area is 203 Å². The summed E-state index contributed by atoms with van der Waals surface area (Å²) in [6.45, 7) is 9.47. The Morgan fingerprint density at radius 3 is 2.66 bits per heavy atom. The molecule has 0 atom stereocenters. The van der Waals surface area contributed by atoms with Crippen molar-refractivity contribution >= 4 is 33.8 Å². The van der Waals surface area contributed by atoms with Crippen molar-refractivity contribution in [3.8, 4) is 11.3 Å². The van der Waals surface area contributed by atoms with E-state index >= 15 is 0 Å². The number of hydrogen-bond acceptors (Lipinski definition) is 7. The highest BCUT2D eigenvalue weighted by atomic mass is 16.5. The molecule has 0 spiro atoms. The van der Waals surface area contributed by atoms with Crippen molar-refractivity contribution in [3.05, 3.63) is 36.7 Å². The molecule has 1 N–H and O–H groups in total. The molecule has 2 aliphatic heterocycles. The quantitative estimate of drug-likeness (QED) is 0.473. The number of aromatic amines is 1. The normalized spacial score (nSPS) is 17.5. The van der Waals surface area contributed by atoms with Gasteiger partial charge in [-0.15, -0.1) is 0 Å². The van der Waals surface area contributed by atoms with Crippen LogP contribution in [-0.2, 0) is 16.1 Å². The van der Waals surface area contributed by atoms with E-state index in [9.17, 15) is 4.79 Å². The van der Waals surface area contributed by atoms with Gasteiger partial charge in [-0.3, -0.25) is 9.69 Å². The molecule has 2 fully saturated rings. The molecule has 0 saturated carbocycles. The van der Waals surface area contributed by atoms with Crippen molar-refractivity contribution in [1.29, 1.82) is 0 Å². The van der Waals surface area contributed by atoms with Gasteiger partial charge in [0.05, 0.1) is 37.0 Å². The Hall–Kier alpha value is -3.50. The fourth-order valence-electron chi connectivity index (χ4n) is 4.95. The number of benzene rings is 1. The maximum Gasteiger partial charge on any atom is 0.228 e. The van der Waals surface area contributed by atoms with Crippen LogP contribution in [0.1, 0.15) is 6.92 Å². The lowest BCUT2D eigenvalue weighted by Gasteiger charge is -2.34. The third-order valence-electron chi connectivity index (χ3n) is 7.05. The molecule has 2 saturated heterocycles. The van der Waals surface area contributed by atoms with Gasteiger partial charge in [0.1, 0.15) is 0 Å². The van der Waals surface area contributed by atoms with E-state index in [4.69, 9.17) is 19.8 Å². The van der Waals surface area contributed by atoms with Crippen LogP contribution in [0.15, 0.2) is 36.7 Å². The number of amides is 1. The van der Waals surface area contributed by atoms with Crippen molar-refractivity contribution in [2.45, 2.75) is 13.5 Å². The third kappa shape index (κ3) is 4.35. The van der Waals surface area contributed by atoms with Gasteiger partial charge >= 0.3 is 0 Å². The van der Waals surface area contributed by atoms with Gasteiger partial charge in [0.2, 0.25) is 11.9 Å². The minimum atomic E-state index is 0.153. The second-order valence-electron chi connectivity index (χ2n) is 9.20. The Balaban J connectivity index is 1.32. The molecule has 10 nitrogen and oxygen atoms in total. The summed E-state index contributed by atoms with van der Waals surface area (Å²) in [7, 11) is 0. The van der Waals surface area contributed by atoms with E-state index in [1.807, 2.05) is 22.0 Å². The molecule has 4 aromatic rings. The number of nitrogens with one attached hydrogen (secondary N) is 1. The maximum atomic E-state index is 11.6. The average Bonchev–Trinajstić information content (AvgIpc) is 3.54. The molecule has 182 valence electrons. The fraction of sp³-hybridized carbons (Fsp3) is 0.440. The van der Waals surface area contributed by atoms with Crippen LogP contribution in [0.2, 0.25) is 0 Å². The summed E-state index contributed by atoms with van der Waals surface area (Å²) in [5.41, 5.74) is 3.88. The van der Waals surface area contributed by atoms with Crippen LogP contribution >= 0.6 is 0 Å². The number of fused-ring (bicyclic) bond motifs is 2. The van der Waals surface area contributed by atoms with Crippen molar-refractivity contribution in [2.24, 2.45) is 0 Å². The zero-order chi connectivity index (χ0) is 23.8. The summed E-state index contributed by atoms with van der Waals surface area (Å²) in [5.74, 6) is 0.874. The number of H-pyrrole nitrogens is 1. The molecular formula is C25H30N8O2. The number of morpholine rings is 1. The Bertz CT molecular complexity index is 1350. The molecule has 1 amide bonds. The SMILES string of the molecule is CC(=O)N1CCN(CCn2ncc3c(-c4ccc5cc[nH]c5c4)nc(N4CCOCC4)nc32)CC1. The molecule has 0 radical (unpaired) electrons. The lowest BCUT2D eigenvalue weighted by molar-refractivity contribution is -0.130. The smallest absolute Gasteiger partial charge is 0.228 e. The van der Waals surface area contributed by atoms with Crippen LogP contribution in [0, 0.1) is 0 Å². The Kier molecular flexibility index (Phi) is 5.83. The Morgan fingerprint density at radius 1 is 1.03 bits per heavy atom. The van der Waals surface area contributed by atoms with Crippen LogP contribution in [-0.4, -0.2) is 99.5 Å². The lowest BCUT2D eigenvalue weighted by atomic mass is 10.1. The van der Waals surface area contributed by atoms with Gasteiger partial charge in [-0.2, -0.15) is 10.1 Å². The predicted octanol–water partition coefficient (Wildman–Crippen LogP) is 1.98. The standard InChI is InChI=1S/C25H30N8O2/c1-18(34)31-9-6-30(7-10-31)8-11-33-24-21(17-27-33)23(20-3-2-19-4-5-26-22(19)16-20)28-25(29-24)32-12-14-35-15-13-32/h2-5,16-17,26H,6-15H2,1H3. The highest BCUT2D eigenvalue weighted by Gasteiger charge is 2.22. The number of hydrogen-bond donors (Lipinski definition) is 1. The van der Waals surface area contributed by atoms with E-state index in [-0.39, 0.29) is 5.91 Å². The highest BCUT2D eigenvalue weighted by molar-refractivity contribution is 5.94. The minimum absolute atomic E-state index is 0.153. The maximum absolute atomic E-state index is 11.6. The summed E-state index contributed by atoms with van der Waals surface area (Å²) >= 11 is 0. The van der Waals surface area contributed by atoms with E-state index in [0.29, 0.717) is 13.2 Å². The van der Waals surface area contributed by atoms with Crippen LogP contribution in [0.25, 0.3) is 33.2 Å². The number of piperazine rings is 1. The van der Waals surface area contributed by atoms with E-state index in [2.05, 4.69) is 39.0 Å². The summed E-state index contributed by atoms with van der Waals surface area (Å²) in [4.78, 5) is 31.4. The molecule has 5 heterocycles. The first kappa shape index (κ1) is 22.0. The van der Waals surface area contributed by atoms with Gasteiger partial charge in [0.25, 0.3) is 0 Å². The molecule has 0 aliphatic carbocycles. The van der Waals surface area contributed by atoms with Crippen LogP contribution in [0.5, 0.6) is 0 Å². The van der Waals surface area contributed by atoms with Gasteiger partial charge < -0.3 is 19.5 Å². The first-order valence-corrected chi connectivity index (χ1v) is 12.3. The van der Waals surface area contributed by atoms with E-state index in [1.54, 1.807) is 6.92 Å². The molecule has 3 aromatic heterocycles. The highest BCUT2D eigenvalue weighted by Crippen LogP contribution is 2.30. The molecule has 1 aromatic carbocycles. The van der Waals surface area contributed by atoms with Gasteiger partial charge in [0, 0.05) is 70.0 Å². The minimum Gasteiger partial charge on any atom is -0.378 e. The van der Waals surface area contributed by atoms with Crippen molar-refractivity contribution in [1.82, 2.24) is 34.5 Å². The zero-order valence-corrected chi connectivity index (χ0v) is 20.0. The number of carbonyl (C=O) groups excluding carboxylic acids is 1. The summed E-state index contributed by atoms with van der Waals surface area (Å²) in [6.07, 6.45) is 3.85.